The zero-order valence-corrected chi connectivity index (χ0v) is 15.8. The lowest BCUT2D eigenvalue weighted by atomic mass is 10.1. The van der Waals surface area contributed by atoms with Crippen LogP contribution in [0.4, 0.5) is 10.1 Å². The molecule has 1 heterocycles. The van der Waals surface area contributed by atoms with E-state index in [0.717, 1.165) is 5.56 Å². The summed E-state index contributed by atoms with van der Waals surface area (Å²) in [5.41, 5.74) is 1.39. The van der Waals surface area contributed by atoms with Crippen LogP contribution in [-0.2, 0) is 9.84 Å². The highest BCUT2D eigenvalue weighted by molar-refractivity contribution is 7.92. The average Bonchev–Trinajstić information content (AvgIpc) is 2.54. The van der Waals surface area contributed by atoms with Gasteiger partial charge in [-0.1, -0.05) is 6.07 Å². The van der Waals surface area contributed by atoms with Crippen LogP contribution in [0, 0.1) is 5.82 Å². The van der Waals surface area contributed by atoms with Gasteiger partial charge >= 0.3 is 0 Å². The lowest BCUT2D eigenvalue weighted by molar-refractivity contribution is 0.386. The minimum Gasteiger partial charge on any atom is -0.494 e. The number of aromatic nitrogens is 1. The number of anilines is 1. The van der Waals surface area contributed by atoms with Gasteiger partial charge in [0.2, 0.25) is 0 Å². The van der Waals surface area contributed by atoms with Crippen LogP contribution in [0.5, 0.6) is 5.75 Å². The van der Waals surface area contributed by atoms with E-state index in [0.29, 0.717) is 5.69 Å². The van der Waals surface area contributed by atoms with Crippen molar-refractivity contribution in [1.29, 1.82) is 0 Å². The van der Waals surface area contributed by atoms with Crippen LogP contribution in [0.15, 0.2) is 41.6 Å². The Morgan fingerprint density at radius 2 is 1.88 bits per heavy atom. The number of nitrogens with zero attached hydrogens (tertiary/aromatic N) is 1. The predicted octanol–water partition coefficient (Wildman–Crippen LogP) is 3.97. The molecule has 0 aliphatic heterocycles. The molecule has 2 rings (SSSR count). The molecule has 0 aliphatic carbocycles. The Morgan fingerprint density at radius 3 is 2.36 bits per heavy atom. The molecule has 1 unspecified atom stereocenters. The Kier molecular flexibility index (Phi) is 5.37. The van der Waals surface area contributed by atoms with Gasteiger partial charge < -0.3 is 10.1 Å². The third-order valence-corrected chi connectivity index (χ3v) is 6.28. The van der Waals surface area contributed by atoms with Crippen molar-refractivity contribution in [2.75, 3.05) is 12.4 Å². The molecule has 0 bridgehead atoms. The Balaban J connectivity index is 2.17. The van der Waals surface area contributed by atoms with Gasteiger partial charge in [-0.3, -0.25) is 0 Å². The van der Waals surface area contributed by atoms with Gasteiger partial charge in [-0.25, -0.2) is 17.8 Å². The largest absolute Gasteiger partial charge is 0.494 e. The fourth-order valence-electron chi connectivity index (χ4n) is 2.22. The van der Waals surface area contributed by atoms with E-state index in [4.69, 9.17) is 4.74 Å². The summed E-state index contributed by atoms with van der Waals surface area (Å²) in [5.74, 6) is -0.243. The van der Waals surface area contributed by atoms with Crippen molar-refractivity contribution in [2.45, 2.75) is 43.5 Å². The smallest absolute Gasteiger partial charge is 0.200 e. The second-order valence-electron chi connectivity index (χ2n) is 6.76. The maximum atomic E-state index is 13.8. The van der Waals surface area contributed by atoms with E-state index in [1.54, 1.807) is 39.0 Å². The van der Waals surface area contributed by atoms with Crippen LogP contribution in [0.2, 0.25) is 0 Å². The van der Waals surface area contributed by atoms with Gasteiger partial charge in [0.15, 0.2) is 26.4 Å². The number of halogens is 1. The summed E-state index contributed by atoms with van der Waals surface area (Å²) in [4.78, 5) is 4.06. The molecular formula is C18H23FN2O3S. The minimum absolute atomic E-state index is 0.0358. The molecule has 25 heavy (non-hydrogen) atoms. The summed E-state index contributed by atoms with van der Waals surface area (Å²) in [6.07, 6.45) is 1.47. The Morgan fingerprint density at radius 1 is 1.20 bits per heavy atom. The molecule has 1 atom stereocenters. The maximum Gasteiger partial charge on any atom is 0.200 e. The van der Waals surface area contributed by atoms with Gasteiger partial charge in [-0.2, -0.15) is 0 Å². The highest BCUT2D eigenvalue weighted by atomic mass is 32.2. The molecule has 0 amide bonds. The van der Waals surface area contributed by atoms with Gasteiger partial charge in [0.25, 0.3) is 0 Å². The first-order chi connectivity index (χ1) is 11.6. The fourth-order valence-corrected chi connectivity index (χ4v) is 3.29. The third-order valence-electron chi connectivity index (χ3n) is 3.88. The van der Waals surface area contributed by atoms with Crippen molar-refractivity contribution in [3.63, 3.8) is 0 Å². The molecule has 5 nitrogen and oxygen atoms in total. The molecule has 1 aromatic carbocycles. The number of benzene rings is 1. The molecule has 0 aliphatic rings. The Bertz CT molecular complexity index is 844. The Hall–Kier alpha value is -2.15. The molecule has 1 N–H and O–H groups in total. The number of pyridine rings is 1. The molecular weight excluding hydrogens is 343 g/mol. The van der Waals surface area contributed by atoms with Crippen molar-refractivity contribution in [2.24, 2.45) is 0 Å². The fraction of sp³-hybridized carbons (Fsp3) is 0.389. The summed E-state index contributed by atoms with van der Waals surface area (Å²) in [6.45, 7) is 6.78. The van der Waals surface area contributed by atoms with E-state index in [9.17, 15) is 12.8 Å². The molecule has 0 fully saturated rings. The number of methoxy groups -OCH3 is 1. The van der Waals surface area contributed by atoms with Gasteiger partial charge in [0, 0.05) is 6.04 Å². The van der Waals surface area contributed by atoms with Crippen LogP contribution < -0.4 is 10.1 Å². The number of hydrogen-bond donors (Lipinski definition) is 1. The predicted molar refractivity (Wildman–Crippen MR) is 96.2 cm³/mol. The van der Waals surface area contributed by atoms with Crippen molar-refractivity contribution in [1.82, 2.24) is 4.98 Å². The number of ether oxygens (including phenoxy) is 1. The first-order valence-corrected chi connectivity index (χ1v) is 9.35. The van der Waals surface area contributed by atoms with Crippen molar-refractivity contribution in [3.8, 4) is 5.75 Å². The highest BCUT2D eigenvalue weighted by Crippen LogP contribution is 2.26. The van der Waals surface area contributed by atoms with Crippen molar-refractivity contribution >= 4 is 15.5 Å². The quantitative estimate of drug-likeness (QED) is 0.867. The standard InChI is InChI=1S/C18H23FN2O3S/c1-12(13-6-8-16(24-5)15(19)10-13)21-14-7-9-17(20-11-14)25(22,23)18(2,3)4/h6-12,21H,1-5H3. The van der Waals surface area contributed by atoms with Crippen LogP contribution >= 0.6 is 0 Å². The molecule has 0 radical (unpaired) electrons. The summed E-state index contributed by atoms with van der Waals surface area (Å²) in [7, 11) is -2.07. The Labute approximate surface area is 148 Å². The molecule has 0 spiro atoms. The van der Waals surface area contributed by atoms with Gasteiger partial charge in [0.05, 0.1) is 23.7 Å². The van der Waals surface area contributed by atoms with E-state index < -0.39 is 20.4 Å². The van der Waals surface area contributed by atoms with E-state index in [1.807, 2.05) is 6.92 Å². The summed E-state index contributed by atoms with van der Waals surface area (Å²) in [5, 5.41) is 3.21. The van der Waals surface area contributed by atoms with E-state index in [2.05, 4.69) is 10.3 Å². The number of rotatable bonds is 5. The van der Waals surface area contributed by atoms with E-state index in [1.165, 1.54) is 25.4 Å². The maximum absolute atomic E-state index is 13.8. The second-order valence-corrected chi connectivity index (χ2v) is 9.41. The SMILES string of the molecule is COc1ccc(C(C)Nc2ccc(S(=O)(=O)C(C)(C)C)nc2)cc1F. The van der Waals surface area contributed by atoms with Gasteiger partial charge in [0.1, 0.15) is 0 Å². The van der Waals surface area contributed by atoms with Crippen LogP contribution in [-0.4, -0.2) is 25.3 Å². The summed E-state index contributed by atoms with van der Waals surface area (Å²) in [6, 6.07) is 7.69. The number of sulfone groups is 1. The van der Waals surface area contributed by atoms with E-state index in [-0.39, 0.29) is 16.8 Å². The number of nitrogens with one attached hydrogen (secondary N) is 1. The average molecular weight is 366 g/mol. The summed E-state index contributed by atoms with van der Waals surface area (Å²) < 4.78 is 42.5. The first-order valence-electron chi connectivity index (χ1n) is 7.87. The lowest BCUT2D eigenvalue weighted by Crippen LogP contribution is -2.28. The zero-order valence-electron chi connectivity index (χ0n) is 15.0. The number of hydrogen-bond acceptors (Lipinski definition) is 5. The molecule has 0 saturated heterocycles. The topological polar surface area (TPSA) is 68.3 Å². The minimum atomic E-state index is -3.49. The van der Waals surface area contributed by atoms with Gasteiger partial charge in [-0.15, -0.1) is 0 Å². The molecule has 0 saturated carbocycles. The normalized spacial score (nSPS) is 13.4. The van der Waals surface area contributed by atoms with Crippen LogP contribution in [0.3, 0.4) is 0 Å². The lowest BCUT2D eigenvalue weighted by Gasteiger charge is -2.19. The van der Waals surface area contributed by atoms with Crippen molar-refractivity contribution in [3.05, 3.63) is 47.9 Å². The highest BCUT2D eigenvalue weighted by Gasteiger charge is 2.31. The molecule has 136 valence electrons. The van der Waals surface area contributed by atoms with Gasteiger partial charge in [-0.05, 0) is 57.5 Å². The first kappa shape index (κ1) is 19.2. The van der Waals surface area contributed by atoms with Crippen LogP contribution in [0.25, 0.3) is 0 Å². The van der Waals surface area contributed by atoms with E-state index >= 15 is 0 Å². The van der Waals surface area contributed by atoms with Crippen LogP contribution in [0.1, 0.15) is 39.3 Å². The molecule has 1 aromatic heterocycles. The summed E-state index contributed by atoms with van der Waals surface area (Å²) >= 11 is 0. The third kappa shape index (κ3) is 4.10. The molecule has 7 heteroatoms. The monoisotopic (exact) mass is 366 g/mol. The molecule has 2 aromatic rings. The van der Waals surface area contributed by atoms with Crippen molar-refractivity contribution < 1.29 is 17.5 Å². The second kappa shape index (κ2) is 7.00. The zero-order chi connectivity index (χ0) is 18.8.